The molecule has 0 bridgehead atoms. The fraction of sp³-hybridized carbons (Fsp3) is 0.385. The van der Waals surface area contributed by atoms with Crippen LogP contribution in [0.4, 0.5) is 5.69 Å². The zero-order valence-electron chi connectivity index (χ0n) is 10.4. The molecule has 0 spiro atoms. The van der Waals surface area contributed by atoms with Crippen LogP contribution in [0.25, 0.3) is 0 Å². The summed E-state index contributed by atoms with van der Waals surface area (Å²) >= 11 is 0. The van der Waals surface area contributed by atoms with Crippen molar-refractivity contribution in [2.24, 2.45) is 5.92 Å². The molecule has 1 amide bonds. The molecular weight excluding hydrogens is 234 g/mol. The summed E-state index contributed by atoms with van der Waals surface area (Å²) in [5.41, 5.74) is 0.209. The van der Waals surface area contributed by atoms with Crippen molar-refractivity contribution in [3.63, 3.8) is 0 Å². The van der Waals surface area contributed by atoms with Gasteiger partial charge < -0.3 is 15.5 Å². The number of carboxylic acids is 1. The van der Waals surface area contributed by atoms with Gasteiger partial charge in [-0.2, -0.15) is 0 Å². The Bertz CT molecular complexity index is 456. The maximum atomic E-state index is 11.6. The van der Waals surface area contributed by atoms with Crippen molar-refractivity contribution in [3.05, 3.63) is 23.8 Å². The molecule has 0 saturated heterocycles. The lowest BCUT2D eigenvalue weighted by molar-refractivity contribution is -0.117. The second-order valence-electron chi connectivity index (χ2n) is 4.30. The number of aromatic carboxylic acids is 1. The molecule has 0 heterocycles. The number of carbonyl (C=O) groups excluding carboxylic acids is 1. The van der Waals surface area contributed by atoms with Crippen LogP contribution in [0.15, 0.2) is 18.2 Å². The molecule has 1 rings (SSSR count). The minimum Gasteiger partial charge on any atom is -0.507 e. The summed E-state index contributed by atoms with van der Waals surface area (Å²) in [4.78, 5) is 22.3. The number of phenols is 1. The first kappa shape index (κ1) is 14.0. The smallest absolute Gasteiger partial charge is 0.339 e. The highest BCUT2D eigenvalue weighted by Crippen LogP contribution is 2.22. The van der Waals surface area contributed by atoms with E-state index in [1.54, 1.807) is 0 Å². The monoisotopic (exact) mass is 251 g/mol. The van der Waals surface area contributed by atoms with Gasteiger partial charge in [-0.25, -0.2) is 4.79 Å². The normalized spacial score (nSPS) is 11.9. The first-order valence-corrected chi connectivity index (χ1v) is 5.80. The van der Waals surface area contributed by atoms with Gasteiger partial charge in [0.15, 0.2) is 0 Å². The zero-order valence-corrected chi connectivity index (χ0v) is 10.4. The molecule has 5 heteroatoms. The molecule has 0 aliphatic rings. The Morgan fingerprint density at radius 1 is 1.39 bits per heavy atom. The van der Waals surface area contributed by atoms with E-state index >= 15 is 0 Å². The average molecular weight is 251 g/mol. The molecule has 0 aliphatic carbocycles. The molecule has 3 N–H and O–H groups in total. The third kappa shape index (κ3) is 3.76. The van der Waals surface area contributed by atoms with Gasteiger partial charge in [0.2, 0.25) is 5.91 Å². The standard InChI is InChI=1S/C13H17NO4/c1-3-8(2)6-12(16)14-9-4-5-10(13(17)18)11(15)7-9/h4-5,7-8,15H,3,6H2,1-2H3,(H,14,16)(H,17,18). The number of carboxylic acid groups (broad SMARTS) is 1. The minimum absolute atomic E-state index is 0.146. The van der Waals surface area contributed by atoms with Gasteiger partial charge in [0.05, 0.1) is 0 Å². The fourth-order valence-corrected chi connectivity index (χ4v) is 1.46. The van der Waals surface area contributed by atoms with Crippen LogP contribution in [-0.4, -0.2) is 22.1 Å². The Labute approximate surface area is 105 Å². The summed E-state index contributed by atoms with van der Waals surface area (Å²) in [7, 11) is 0. The van der Waals surface area contributed by atoms with E-state index in [4.69, 9.17) is 5.11 Å². The van der Waals surface area contributed by atoms with Crippen LogP contribution in [0.2, 0.25) is 0 Å². The number of aromatic hydroxyl groups is 1. The summed E-state index contributed by atoms with van der Waals surface area (Å²) in [6.07, 6.45) is 1.31. The molecule has 1 aromatic rings. The highest BCUT2D eigenvalue weighted by molar-refractivity contribution is 5.94. The van der Waals surface area contributed by atoms with E-state index in [2.05, 4.69) is 5.32 Å². The summed E-state index contributed by atoms with van der Waals surface area (Å²) < 4.78 is 0. The van der Waals surface area contributed by atoms with Crippen molar-refractivity contribution in [1.82, 2.24) is 0 Å². The van der Waals surface area contributed by atoms with Gasteiger partial charge in [-0.15, -0.1) is 0 Å². The maximum absolute atomic E-state index is 11.6. The molecule has 98 valence electrons. The van der Waals surface area contributed by atoms with E-state index in [0.717, 1.165) is 6.42 Å². The van der Waals surface area contributed by atoms with Crippen LogP contribution in [0.1, 0.15) is 37.0 Å². The van der Waals surface area contributed by atoms with E-state index in [9.17, 15) is 14.7 Å². The number of rotatable bonds is 5. The fourth-order valence-electron chi connectivity index (χ4n) is 1.46. The molecule has 1 aromatic carbocycles. The minimum atomic E-state index is -1.20. The van der Waals surface area contributed by atoms with E-state index in [0.29, 0.717) is 12.1 Å². The molecule has 0 saturated carbocycles. The molecule has 0 aromatic heterocycles. The van der Waals surface area contributed by atoms with Gasteiger partial charge in [-0.1, -0.05) is 20.3 Å². The van der Waals surface area contributed by atoms with E-state index in [1.165, 1.54) is 18.2 Å². The molecule has 18 heavy (non-hydrogen) atoms. The third-order valence-corrected chi connectivity index (χ3v) is 2.74. The van der Waals surface area contributed by atoms with Gasteiger partial charge in [0, 0.05) is 18.2 Å². The Kier molecular flexibility index (Phi) is 4.71. The van der Waals surface area contributed by atoms with Crippen molar-refractivity contribution >= 4 is 17.6 Å². The molecule has 0 fully saturated rings. The van der Waals surface area contributed by atoms with Crippen LogP contribution in [0, 0.1) is 5.92 Å². The number of nitrogens with one attached hydrogen (secondary N) is 1. The Morgan fingerprint density at radius 3 is 2.56 bits per heavy atom. The zero-order chi connectivity index (χ0) is 13.7. The lowest BCUT2D eigenvalue weighted by atomic mass is 10.0. The third-order valence-electron chi connectivity index (χ3n) is 2.74. The molecule has 0 radical (unpaired) electrons. The number of hydrogen-bond acceptors (Lipinski definition) is 3. The first-order chi connectivity index (χ1) is 8.43. The van der Waals surface area contributed by atoms with Crippen LogP contribution in [0.5, 0.6) is 5.75 Å². The molecular formula is C13H17NO4. The van der Waals surface area contributed by atoms with Crippen LogP contribution in [-0.2, 0) is 4.79 Å². The highest BCUT2D eigenvalue weighted by Gasteiger charge is 2.12. The lowest BCUT2D eigenvalue weighted by Gasteiger charge is -2.10. The van der Waals surface area contributed by atoms with Gasteiger partial charge in [0.1, 0.15) is 11.3 Å². The molecule has 1 atom stereocenters. The van der Waals surface area contributed by atoms with Crippen molar-refractivity contribution in [1.29, 1.82) is 0 Å². The maximum Gasteiger partial charge on any atom is 0.339 e. The quantitative estimate of drug-likeness (QED) is 0.750. The second kappa shape index (κ2) is 6.05. The highest BCUT2D eigenvalue weighted by atomic mass is 16.4. The topological polar surface area (TPSA) is 86.6 Å². The number of hydrogen-bond donors (Lipinski definition) is 3. The van der Waals surface area contributed by atoms with Crippen molar-refractivity contribution in [2.45, 2.75) is 26.7 Å². The largest absolute Gasteiger partial charge is 0.507 e. The summed E-state index contributed by atoms with van der Waals surface area (Å²) in [5.74, 6) is -1.42. The van der Waals surface area contributed by atoms with Crippen molar-refractivity contribution in [2.75, 3.05) is 5.32 Å². The SMILES string of the molecule is CCC(C)CC(=O)Nc1ccc(C(=O)O)c(O)c1. The summed E-state index contributed by atoms with van der Waals surface area (Å²) in [5, 5.41) is 20.8. The molecule has 5 nitrogen and oxygen atoms in total. The van der Waals surface area contributed by atoms with Crippen LogP contribution < -0.4 is 5.32 Å². The van der Waals surface area contributed by atoms with E-state index in [-0.39, 0.29) is 23.1 Å². The first-order valence-electron chi connectivity index (χ1n) is 5.80. The number of anilines is 1. The van der Waals surface area contributed by atoms with Gasteiger partial charge in [-0.3, -0.25) is 4.79 Å². The van der Waals surface area contributed by atoms with Crippen LogP contribution >= 0.6 is 0 Å². The lowest BCUT2D eigenvalue weighted by Crippen LogP contribution is -2.14. The summed E-state index contributed by atoms with van der Waals surface area (Å²) in [6, 6.07) is 3.95. The van der Waals surface area contributed by atoms with Crippen molar-refractivity contribution < 1.29 is 19.8 Å². The predicted octanol–water partition coefficient (Wildman–Crippen LogP) is 2.47. The van der Waals surface area contributed by atoms with Gasteiger partial charge >= 0.3 is 5.97 Å². The number of carbonyl (C=O) groups is 2. The van der Waals surface area contributed by atoms with E-state index < -0.39 is 5.97 Å². The number of benzene rings is 1. The molecule has 1 unspecified atom stereocenters. The second-order valence-corrected chi connectivity index (χ2v) is 4.30. The predicted molar refractivity (Wildman–Crippen MR) is 67.8 cm³/mol. The average Bonchev–Trinajstić information content (AvgIpc) is 2.28. The van der Waals surface area contributed by atoms with Gasteiger partial charge in [0.25, 0.3) is 0 Å². The molecule has 0 aliphatic heterocycles. The van der Waals surface area contributed by atoms with Gasteiger partial charge in [-0.05, 0) is 18.1 Å². The van der Waals surface area contributed by atoms with Crippen LogP contribution in [0.3, 0.4) is 0 Å². The Morgan fingerprint density at radius 2 is 2.06 bits per heavy atom. The van der Waals surface area contributed by atoms with E-state index in [1.807, 2.05) is 13.8 Å². The Balaban J connectivity index is 2.72. The Hall–Kier alpha value is -2.04. The van der Waals surface area contributed by atoms with Crippen molar-refractivity contribution in [3.8, 4) is 5.75 Å². The summed E-state index contributed by atoms with van der Waals surface area (Å²) in [6.45, 7) is 3.98. The number of amides is 1.